The van der Waals surface area contributed by atoms with E-state index >= 15 is 0 Å². The van der Waals surface area contributed by atoms with Crippen molar-refractivity contribution >= 4 is 44.1 Å². The molecule has 0 saturated carbocycles. The van der Waals surface area contributed by atoms with Gasteiger partial charge in [0, 0.05) is 39.3 Å². The van der Waals surface area contributed by atoms with Crippen molar-refractivity contribution < 1.29 is 34.7 Å². The summed E-state index contributed by atoms with van der Waals surface area (Å²) < 4.78 is 9.15. The van der Waals surface area contributed by atoms with Crippen LogP contribution in [0.15, 0.2) is 109 Å². The molecule has 0 aliphatic heterocycles. The maximum atomic E-state index is 14.9. The van der Waals surface area contributed by atoms with Gasteiger partial charge in [0.2, 0.25) is 0 Å². The van der Waals surface area contributed by atoms with Gasteiger partial charge in [0.1, 0.15) is 23.3 Å². The molecular weight excluding hydrogens is 768 g/mol. The van der Waals surface area contributed by atoms with E-state index in [4.69, 9.17) is 19.9 Å². The minimum atomic E-state index is 0. The van der Waals surface area contributed by atoms with Gasteiger partial charge in [-0.15, -0.1) is 0 Å². The van der Waals surface area contributed by atoms with Crippen molar-refractivity contribution in [3.05, 3.63) is 149 Å². The summed E-state index contributed by atoms with van der Waals surface area (Å²) in [6.45, 7) is 17.1. The Kier molecular flexibility index (Phi) is 12.8. The Labute approximate surface area is 379 Å². The molecule has 0 bridgehead atoms. The van der Waals surface area contributed by atoms with Crippen LogP contribution in [0.25, 0.3) is 44.1 Å². The maximum absolute atomic E-state index is 14.9. The summed E-state index contributed by atoms with van der Waals surface area (Å²) >= 11 is 0. The van der Waals surface area contributed by atoms with Crippen LogP contribution in [0.2, 0.25) is 0 Å². The van der Waals surface area contributed by atoms with Crippen molar-refractivity contribution in [2.24, 2.45) is 0 Å². The van der Waals surface area contributed by atoms with E-state index in [2.05, 4.69) is 148 Å². The average Bonchev–Trinajstić information content (AvgIpc) is 4.00. The first-order chi connectivity index (χ1) is 29.3. The molecule has 0 unspecified atom stereocenters. The van der Waals surface area contributed by atoms with E-state index in [1.165, 1.54) is 0 Å². The van der Waals surface area contributed by atoms with Crippen molar-refractivity contribution in [3.63, 3.8) is 0 Å². The van der Waals surface area contributed by atoms with Gasteiger partial charge in [0.05, 0.1) is 70.3 Å². The van der Waals surface area contributed by atoms with Crippen LogP contribution in [0.5, 0.6) is 5.75 Å². The molecule has 4 aromatic heterocycles. The van der Waals surface area contributed by atoms with Gasteiger partial charge in [-0.2, -0.15) is 0 Å². The number of hydrogen-bond acceptors (Lipinski definition) is 7. The smallest absolute Gasteiger partial charge is 0.872 e. The van der Waals surface area contributed by atoms with Gasteiger partial charge in [0.25, 0.3) is 0 Å². The quantitative estimate of drug-likeness (QED) is 0.111. The van der Waals surface area contributed by atoms with Crippen LogP contribution in [-0.4, -0.2) is 48.0 Å². The standard InChI is InChI=1S/C49H54N10O.Na/c1-6-56-41-22-14-10-18-37(41)50-45(56)30-54(31-46-51-38-19-11-15-23-42(38)57(46)7-2)28-35-26-34(5)27-36(49(35)60)29-55(32-47-52-39-20-12-16-24-43(39)58(47)8-3)33-48-53-40-21-13-17-25-44(40)59(48)9-4;/h10-27,60H,6-9,28-33H2,1-5H3;/q;+1/p-1. The Hall–Kier alpha value is -5.30. The van der Waals surface area contributed by atoms with E-state index in [0.717, 1.165) is 110 Å². The Morgan fingerprint density at radius 1 is 0.426 bits per heavy atom. The SMILES string of the molecule is CCn1c(CN(Cc2cc(C)cc(CN(Cc3nc4ccccc4n3CC)Cc3nc4ccccc4n3CC)c2[O-])Cc2nc3ccccc3n2CC)nc2ccccc21.[Na+]. The third kappa shape index (κ3) is 8.37. The molecule has 0 amide bonds. The molecule has 0 fully saturated rings. The van der Waals surface area contributed by atoms with E-state index in [1.54, 1.807) is 0 Å². The van der Waals surface area contributed by atoms with Crippen LogP contribution in [0.3, 0.4) is 0 Å². The van der Waals surface area contributed by atoms with Gasteiger partial charge in [-0.3, -0.25) is 9.80 Å². The van der Waals surface area contributed by atoms with Crippen molar-refractivity contribution in [2.45, 2.75) is 100 Å². The van der Waals surface area contributed by atoms with Gasteiger partial charge in [-0.1, -0.05) is 72.0 Å². The van der Waals surface area contributed by atoms with Crippen LogP contribution < -0.4 is 34.7 Å². The normalized spacial score (nSPS) is 11.9. The van der Waals surface area contributed by atoms with E-state index in [-0.39, 0.29) is 35.3 Å². The number of rotatable bonds is 16. The Morgan fingerprint density at radius 2 is 0.689 bits per heavy atom. The number of fused-ring (bicyclic) bond motifs is 4. The van der Waals surface area contributed by atoms with Crippen LogP contribution in [-0.2, 0) is 65.4 Å². The third-order valence-electron chi connectivity index (χ3n) is 11.8. The van der Waals surface area contributed by atoms with Crippen molar-refractivity contribution in [2.75, 3.05) is 0 Å². The summed E-state index contributed by atoms with van der Waals surface area (Å²) in [6.07, 6.45) is 0. The number of para-hydroxylation sites is 8. The summed E-state index contributed by atoms with van der Waals surface area (Å²) in [7, 11) is 0. The monoisotopic (exact) mass is 820 g/mol. The van der Waals surface area contributed by atoms with E-state index in [1.807, 2.05) is 24.3 Å². The molecule has 61 heavy (non-hydrogen) atoms. The summed E-state index contributed by atoms with van der Waals surface area (Å²) in [4.78, 5) is 25.2. The van der Waals surface area contributed by atoms with Gasteiger partial charge in [0.15, 0.2) is 0 Å². The molecule has 0 aliphatic rings. The van der Waals surface area contributed by atoms with Gasteiger partial charge >= 0.3 is 29.6 Å². The average molecular weight is 821 g/mol. The molecule has 0 atom stereocenters. The molecule has 9 aromatic rings. The molecule has 5 aromatic carbocycles. The first kappa shape index (κ1) is 42.4. The molecule has 9 rings (SSSR count). The van der Waals surface area contributed by atoms with Crippen molar-refractivity contribution in [3.8, 4) is 5.75 Å². The molecule has 11 nitrogen and oxygen atoms in total. The fraction of sp³-hybridized carbons (Fsp3) is 0.306. The number of aromatic nitrogens is 8. The molecule has 0 radical (unpaired) electrons. The Morgan fingerprint density at radius 3 is 0.951 bits per heavy atom. The summed E-state index contributed by atoms with van der Waals surface area (Å²) in [6, 6.07) is 37.4. The molecule has 12 heteroatoms. The van der Waals surface area contributed by atoms with Crippen LogP contribution in [0.1, 0.15) is 67.7 Å². The zero-order valence-corrected chi connectivity index (χ0v) is 38.3. The largest absolute Gasteiger partial charge is 1.00 e. The molecule has 306 valence electrons. The Bertz CT molecular complexity index is 2590. The molecular formula is C49H53N10NaO. The number of nitrogens with zero attached hydrogens (tertiary/aromatic N) is 10. The molecule has 0 saturated heterocycles. The minimum Gasteiger partial charge on any atom is -0.872 e. The molecule has 4 heterocycles. The number of hydrogen-bond donors (Lipinski definition) is 0. The Balaban J connectivity index is 0.00000514. The topological polar surface area (TPSA) is 101 Å². The van der Waals surface area contributed by atoms with Crippen LogP contribution >= 0.6 is 0 Å². The number of benzene rings is 5. The fourth-order valence-electron chi connectivity index (χ4n) is 9.18. The second-order valence-corrected chi connectivity index (χ2v) is 15.7. The zero-order chi connectivity index (χ0) is 41.3. The maximum Gasteiger partial charge on any atom is 1.00 e. The summed E-state index contributed by atoms with van der Waals surface area (Å²) in [5.41, 5.74) is 11.0. The predicted octanol–water partition coefficient (Wildman–Crippen LogP) is 5.96. The minimum absolute atomic E-state index is 0. The zero-order valence-electron chi connectivity index (χ0n) is 36.3. The fourth-order valence-corrected chi connectivity index (χ4v) is 9.18. The van der Waals surface area contributed by atoms with Crippen LogP contribution in [0, 0.1) is 6.92 Å². The van der Waals surface area contributed by atoms with E-state index in [0.29, 0.717) is 39.3 Å². The molecule has 0 N–H and O–H groups in total. The summed E-state index contributed by atoms with van der Waals surface area (Å²) in [5, 5.41) is 14.9. The van der Waals surface area contributed by atoms with Gasteiger partial charge < -0.3 is 23.4 Å². The molecule has 0 spiro atoms. The number of imidazole rings is 4. The second kappa shape index (κ2) is 18.4. The second-order valence-electron chi connectivity index (χ2n) is 15.7. The van der Waals surface area contributed by atoms with Gasteiger partial charge in [-0.05, 0) is 94.3 Å². The van der Waals surface area contributed by atoms with E-state index in [9.17, 15) is 5.11 Å². The van der Waals surface area contributed by atoms with Crippen LogP contribution in [0.4, 0.5) is 0 Å². The predicted molar refractivity (Wildman–Crippen MR) is 238 cm³/mol. The first-order valence-corrected chi connectivity index (χ1v) is 21.4. The first-order valence-electron chi connectivity index (χ1n) is 21.4. The summed E-state index contributed by atoms with van der Waals surface area (Å²) in [5.74, 6) is 3.96. The van der Waals surface area contributed by atoms with Gasteiger partial charge in [-0.25, -0.2) is 19.9 Å². The number of aryl methyl sites for hydroxylation is 5. The van der Waals surface area contributed by atoms with Crippen molar-refractivity contribution in [1.82, 2.24) is 48.0 Å². The van der Waals surface area contributed by atoms with Crippen molar-refractivity contribution in [1.29, 1.82) is 0 Å². The molecule has 0 aliphatic carbocycles. The third-order valence-corrected chi connectivity index (χ3v) is 11.8. The van der Waals surface area contributed by atoms with E-state index < -0.39 is 0 Å².